The Bertz CT molecular complexity index is 439. The summed E-state index contributed by atoms with van der Waals surface area (Å²) in [6.45, 7) is 3.98. The van der Waals surface area contributed by atoms with Gasteiger partial charge in [-0.1, -0.05) is 15.9 Å². The molecule has 0 aliphatic carbocycles. The third-order valence-corrected chi connectivity index (χ3v) is 4.07. The van der Waals surface area contributed by atoms with Crippen LogP contribution in [0.4, 0.5) is 5.69 Å². The number of nitrogens with zero attached hydrogens (tertiary/aromatic N) is 1. The Morgan fingerprint density at radius 2 is 2.00 bits per heavy atom. The fourth-order valence-corrected chi connectivity index (χ4v) is 2.58. The Kier molecular flexibility index (Phi) is 3.72. The molecule has 0 N–H and O–H groups in total. The van der Waals surface area contributed by atoms with E-state index in [0.29, 0.717) is 5.56 Å². The lowest BCUT2D eigenvalue weighted by Crippen LogP contribution is -2.21. The molecule has 0 bridgehead atoms. The number of methoxy groups -OCH3 is 1. The van der Waals surface area contributed by atoms with E-state index in [0.717, 1.165) is 28.8 Å². The maximum absolute atomic E-state index is 11.9. The van der Waals surface area contributed by atoms with Gasteiger partial charge in [0, 0.05) is 17.6 Å². The highest BCUT2D eigenvalue weighted by molar-refractivity contribution is 9.10. The number of carbonyl (C=O) groups is 1. The number of benzene rings is 1. The Hall–Kier alpha value is -1.03. The highest BCUT2D eigenvalue weighted by Gasteiger charge is 2.22. The monoisotopic (exact) mass is 297 g/mol. The van der Waals surface area contributed by atoms with E-state index in [2.05, 4.69) is 20.8 Å². The zero-order valence-electron chi connectivity index (χ0n) is 10.1. The van der Waals surface area contributed by atoms with Crippen molar-refractivity contribution in [1.82, 2.24) is 0 Å². The van der Waals surface area contributed by atoms with Crippen molar-refractivity contribution < 1.29 is 9.53 Å². The van der Waals surface area contributed by atoms with Gasteiger partial charge in [-0.3, -0.25) is 0 Å². The normalized spacial score (nSPS) is 15.1. The van der Waals surface area contributed by atoms with E-state index >= 15 is 0 Å². The van der Waals surface area contributed by atoms with Gasteiger partial charge in [-0.25, -0.2) is 4.79 Å². The predicted molar refractivity (Wildman–Crippen MR) is 71.7 cm³/mol. The van der Waals surface area contributed by atoms with Crippen molar-refractivity contribution >= 4 is 27.6 Å². The quantitative estimate of drug-likeness (QED) is 0.786. The first-order chi connectivity index (χ1) is 8.15. The van der Waals surface area contributed by atoms with E-state index in [4.69, 9.17) is 4.74 Å². The van der Waals surface area contributed by atoms with Crippen molar-refractivity contribution in [3.05, 3.63) is 27.7 Å². The molecular formula is C13H16BrNO2. The van der Waals surface area contributed by atoms with Crippen LogP contribution in [0.15, 0.2) is 16.6 Å². The number of carbonyl (C=O) groups excluding carboxylic acids is 1. The van der Waals surface area contributed by atoms with Crippen LogP contribution in [0.5, 0.6) is 0 Å². The molecule has 1 aromatic rings. The van der Waals surface area contributed by atoms with Crippen LogP contribution in [0.3, 0.4) is 0 Å². The summed E-state index contributed by atoms with van der Waals surface area (Å²) >= 11 is 3.46. The Morgan fingerprint density at radius 1 is 1.35 bits per heavy atom. The molecular weight excluding hydrogens is 282 g/mol. The van der Waals surface area contributed by atoms with Gasteiger partial charge in [-0.15, -0.1) is 0 Å². The molecule has 1 aromatic carbocycles. The van der Waals surface area contributed by atoms with E-state index < -0.39 is 0 Å². The molecule has 92 valence electrons. The molecule has 0 saturated carbocycles. The zero-order chi connectivity index (χ0) is 12.4. The van der Waals surface area contributed by atoms with E-state index in [1.807, 2.05) is 19.1 Å². The Labute approximate surface area is 110 Å². The number of hydrogen-bond donors (Lipinski definition) is 0. The van der Waals surface area contributed by atoms with Gasteiger partial charge in [0.2, 0.25) is 0 Å². The summed E-state index contributed by atoms with van der Waals surface area (Å²) in [7, 11) is 1.43. The molecule has 0 spiro atoms. The minimum Gasteiger partial charge on any atom is -0.465 e. The molecule has 0 amide bonds. The van der Waals surface area contributed by atoms with Gasteiger partial charge in [0.05, 0.1) is 18.4 Å². The van der Waals surface area contributed by atoms with Crippen LogP contribution >= 0.6 is 15.9 Å². The number of halogens is 1. The van der Waals surface area contributed by atoms with Crippen molar-refractivity contribution in [3.63, 3.8) is 0 Å². The topological polar surface area (TPSA) is 29.5 Å². The predicted octanol–water partition coefficient (Wildman–Crippen LogP) is 3.14. The maximum Gasteiger partial charge on any atom is 0.340 e. The summed E-state index contributed by atoms with van der Waals surface area (Å²) < 4.78 is 5.83. The SMILES string of the molecule is COC(=O)c1c(N2CCCC2)ccc(Br)c1C. The molecule has 1 aliphatic rings. The second kappa shape index (κ2) is 5.08. The smallest absolute Gasteiger partial charge is 0.340 e. The average Bonchev–Trinajstić information content (AvgIpc) is 2.85. The van der Waals surface area contributed by atoms with Crippen LogP contribution in [0.25, 0.3) is 0 Å². The van der Waals surface area contributed by atoms with E-state index in [-0.39, 0.29) is 5.97 Å². The minimum atomic E-state index is -0.259. The van der Waals surface area contributed by atoms with Crippen LogP contribution in [0.1, 0.15) is 28.8 Å². The number of rotatable bonds is 2. The maximum atomic E-state index is 11.9. The van der Waals surface area contributed by atoms with Crippen LogP contribution in [-0.4, -0.2) is 26.2 Å². The number of esters is 1. The van der Waals surface area contributed by atoms with E-state index in [9.17, 15) is 4.79 Å². The second-order valence-electron chi connectivity index (χ2n) is 4.25. The molecule has 0 unspecified atom stereocenters. The molecule has 2 rings (SSSR count). The molecule has 3 nitrogen and oxygen atoms in total. The van der Waals surface area contributed by atoms with E-state index in [1.54, 1.807) is 0 Å². The number of anilines is 1. The third kappa shape index (κ3) is 2.32. The number of hydrogen-bond acceptors (Lipinski definition) is 3. The lowest BCUT2D eigenvalue weighted by atomic mass is 10.1. The first-order valence-corrected chi connectivity index (χ1v) is 6.57. The summed E-state index contributed by atoms with van der Waals surface area (Å²) in [6, 6.07) is 3.99. The van der Waals surface area contributed by atoms with Crippen LogP contribution < -0.4 is 4.90 Å². The third-order valence-electron chi connectivity index (χ3n) is 3.21. The summed E-state index contributed by atoms with van der Waals surface area (Å²) in [5.41, 5.74) is 2.63. The van der Waals surface area contributed by atoms with Crippen molar-refractivity contribution in [3.8, 4) is 0 Å². The zero-order valence-corrected chi connectivity index (χ0v) is 11.7. The van der Waals surface area contributed by atoms with Gasteiger partial charge in [0.1, 0.15) is 0 Å². The van der Waals surface area contributed by atoms with Crippen molar-refractivity contribution in [2.75, 3.05) is 25.1 Å². The Morgan fingerprint density at radius 3 is 2.59 bits per heavy atom. The summed E-state index contributed by atoms with van der Waals surface area (Å²) in [6.07, 6.45) is 2.38. The first kappa shape index (κ1) is 12.4. The molecule has 1 heterocycles. The minimum absolute atomic E-state index is 0.259. The molecule has 0 atom stereocenters. The van der Waals surface area contributed by atoms with Crippen LogP contribution in [0, 0.1) is 6.92 Å². The van der Waals surface area contributed by atoms with Gasteiger partial charge >= 0.3 is 5.97 Å². The highest BCUT2D eigenvalue weighted by Crippen LogP contribution is 2.31. The molecule has 17 heavy (non-hydrogen) atoms. The van der Waals surface area contributed by atoms with Gasteiger partial charge in [-0.05, 0) is 37.5 Å². The fraction of sp³-hybridized carbons (Fsp3) is 0.462. The second-order valence-corrected chi connectivity index (χ2v) is 5.11. The van der Waals surface area contributed by atoms with Gasteiger partial charge < -0.3 is 9.64 Å². The van der Waals surface area contributed by atoms with Crippen molar-refractivity contribution in [2.24, 2.45) is 0 Å². The van der Waals surface area contributed by atoms with Gasteiger partial charge in [-0.2, -0.15) is 0 Å². The molecule has 0 radical (unpaired) electrons. The standard InChI is InChI=1S/C13H16BrNO2/c1-9-10(14)5-6-11(12(9)13(16)17-2)15-7-3-4-8-15/h5-6H,3-4,7-8H2,1-2H3. The molecule has 0 aromatic heterocycles. The average molecular weight is 298 g/mol. The molecule has 1 saturated heterocycles. The Balaban J connectivity index is 2.50. The fourth-order valence-electron chi connectivity index (χ4n) is 2.25. The largest absolute Gasteiger partial charge is 0.465 e. The molecule has 1 aliphatic heterocycles. The first-order valence-electron chi connectivity index (χ1n) is 5.77. The highest BCUT2D eigenvalue weighted by atomic mass is 79.9. The van der Waals surface area contributed by atoms with Crippen LogP contribution in [0.2, 0.25) is 0 Å². The summed E-state index contributed by atoms with van der Waals surface area (Å²) in [5.74, 6) is -0.259. The van der Waals surface area contributed by atoms with Crippen molar-refractivity contribution in [2.45, 2.75) is 19.8 Å². The van der Waals surface area contributed by atoms with Gasteiger partial charge in [0.15, 0.2) is 0 Å². The van der Waals surface area contributed by atoms with Gasteiger partial charge in [0.25, 0.3) is 0 Å². The number of ether oxygens (including phenoxy) is 1. The molecule has 1 fully saturated rings. The van der Waals surface area contributed by atoms with Crippen molar-refractivity contribution in [1.29, 1.82) is 0 Å². The summed E-state index contributed by atoms with van der Waals surface area (Å²) in [5, 5.41) is 0. The van der Waals surface area contributed by atoms with E-state index in [1.165, 1.54) is 20.0 Å². The van der Waals surface area contributed by atoms with Crippen LogP contribution in [-0.2, 0) is 4.74 Å². The molecule has 4 heteroatoms. The lowest BCUT2D eigenvalue weighted by molar-refractivity contribution is 0.0600. The lowest BCUT2D eigenvalue weighted by Gasteiger charge is -2.22. The summed E-state index contributed by atoms with van der Waals surface area (Å²) in [4.78, 5) is 14.1.